The average molecular weight is 281 g/mol. The van der Waals surface area contributed by atoms with Gasteiger partial charge in [0.15, 0.2) is 11.9 Å². The number of hydrogen-bond acceptors (Lipinski definition) is 8. The molecule has 0 radical (unpaired) electrons. The van der Waals surface area contributed by atoms with Gasteiger partial charge >= 0.3 is 0 Å². The van der Waals surface area contributed by atoms with E-state index in [0.29, 0.717) is 17.0 Å². The molecule has 20 heavy (non-hydrogen) atoms. The van der Waals surface area contributed by atoms with Crippen molar-refractivity contribution in [3.8, 4) is 0 Å². The molecule has 0 amide bonds. The minimum atomic E-state index is -1.19. The Hall–Kier alpha value is -1.81. The predicted octanol–water partition coefficient (Wildman–Crippen LogP) is -1.67. The van der Waals surface area contributed by atoms with Gasteiger partial charge in [-0.25, -0.2) is 9.97 Å². The molecule has 9 heteroatoms. The van der Waals surface area contributed by atoms with Crippen LogP contribution in [0.5, 0.6) is 0 Å². The lowest BCUT2D eigenvalue weighted by atomic mass is 10.1. The normalized spacial score (nSPS) is 30.2. The maximum absolute atomic E-state index is 10.1. The molecule has 0 bridgehead atoms. The van der Waals surface area contributed by atoms with Gasteiger partial charge in [0.05, 0.1) is 12.8 Å². The highest BCUT2D eigenvalue weighted by Gasteiger charge is 2.44. The molecule has 0 saturated carbocycles. The lowest BCUT2D eigenvalue weighted by molar-refractivity contribution is -0.0519. The molecule has 0 aliphatic carbocycles. The quantitative estimate of drug-likeness (QED) is 0.512. The Kier molecular flexibility index (Phi) is 3.05. The number of nitrogen functional groups attached to an aromatic ring is 1. The van der Waals surface area contributed by atoms with Gasteiger partial charge in [0.25, 0.3) is 0 Å². The summed E-state index contributed by atoms with van der Waals surface area (Å²) < 4.78 is 7.02. The van der Waals surface area contributed by atoms with Crippen LogP contribution in [-0.4, -0.2) is 59.8 Å². The van der Waals surface area contributed by atoms with Crippen LogP contribution < -0.4 is 5.73 Å². The maximum Gasteiger partial charge on any atom is 0.222 e. The number of aliphatic hydroxyl groups excluding tert-OH is 3. The monoisotopic (exact) mass is 281 g/mol. The molecule has 108 valence electrons. The minimum Gasteiger partial charge on any atom is -0.394 e. The van der Waals surface area contributed by atoms with E-state index in [0.717, 1.165) is 0 Å². The van der Waals surface area contributed by atoms with Crippen molar-refractivity contribution in [3.63, 3.8) is 0 Å². The van der Waals surface area contributed by atoms with Gasteiger partial charge in [0.2, 0.25) is 5.95 Å². The second-order valence-electron chi connectivity index (χ2n) is 4.69. The highest BCUT2D eigenvalue weighted by molar-refractivity contribution is 5.71. The van der Waals surface area contributed by atoms with Crippen molar-refractivity contribution in [1.82, 2.24) is 19.5 Å². The third-order valence-corrected chi connectivity index (χ3v) is 3.40. The van der Waals surface area contributed by atoms with E-state index in [1.165, 1.54) is 10.8 Å². The van der Waals surface area contributed by atoms with Crippen LogP contribution in [0, 0.1) is 6.92 Å². The number of aliphatic hydroxyl groups is 3. The number of imidazole rings is 1. The topological polar surface area (TPSA) is 140 Å². The molecule has 1 saturated heterocycles. The van der Waals surface area contributed by atoms with Gasteiger partial charge in [0, 0.05) is 0 Å². The second kappa shape index (κ2) is 4.63. The highest BCUT2D eigenvalue weighted by atomic mass is 16.6. The molecule has 2 aromatic heterocycles. The molecule has 3 heterocycles. The van der Waals surface area contributed by atoms with Crippen molar-refractivity contribution in [3.05, 3.63) is 12.0 Å². The summed E-state index contributed by atoms with van der Waals surface area (Å²) in [6.45, 7) is 1.32. The van der Waals surface area contributed by atoms with Gasteiger partial charge < -0.3 is 25.8 Å². The molecular formula is C11H15N5O4. The van der Waals surface area contributed by atoms with Crippen molar-refractivity contribution in [1.29, 1.82) is 0 Å². The first-order valence-electron chi connectivity index (χ1n) is 6.12. The smallest absolute Gasteiger partial charge is 0.222 e. The number of aromatic nitrogens is 4. The SMILES string of the molecule is Cc1nc2cnc(N)nc2n1[C@@H]1O[C@H](CO)[C@@H](O)[C@H]1O. The zero-order chi connectivity index (χ0) is 14.4. The Morgan fingerprint density at radius 1 is 1.35 bits per heavy atom. The van der Waals surface area contributed by atoms with Crippen LogP contribution in [0.3, 0.4) is 0 Å². The van der Waals surface area contributed by atoms with Gasteiger partial charge in [-0.2, -0.15) is 4.98 Å². The lowest BCUT2D eigenvalue weighted by Gasteiger charge is -2.18. The van der Waals surface area contributed by atoms with Gasteiger partial charge in [-0.05, 0) is 6.92 Å². The van der Waals surface area contributed by atoms with Gasteiger partial charge in [-0.15, -0.1) is 0 Å². The summed E-state index contributed by atoms with van der Waals surface area (Å²) >= 11 is 0. The molecule has 9 nitrogen and oxygen atoms in total. The van der Waals surface area contributed by atoms with Crippen LogP contribution in [0.2, 0.25) is 0 Å². The predicted molar refractivity (Wildman–Crippen MR) is 67.5 cm³/mol. The van der Waals surface area contributed by atoms with Crippen LogP contribution in [0.1, 0.15) is 12.1 Å². The van der Waals surface area contributed by atoms with Crippen molar-refractivity contribution in [2.75, 3.05) is 12.3 Å². The van der Waals surface area contributed by atoms with E-state index in [1.807, 2.05) is 0 Å². The van der Waals surface area contributed by atoms with Gasteiger partial charge in [-0.1, -0.05) is 0 Å². The molecule has 1 aliphatic heterocycles. The number of rotatable bonds is 2. The Morgan fingerprint density at radius 3 is 2.75 bits per heavy atom. The molecule has 4 atom stereocenters. The van der Waals surface area contributed by atoms with Crippen LogP contribution in [0.15, 0.2) is 6.20 Å². The molecule has 1 fully saturated rings. The second-order valence-corrected chi connectivity index (χ2v) is 4.69. The summed E-state index contributed by atoms with van der Waals surface area (Å²) in [4.78, 5) is 12.2. The maximum atomic E-state index is 10.1. The molecule has 0 aromatic carbocycles. The molecule has 3 rings (SSSR count). The Balaban J connectivity index is 2.10. The third kappa shape index (κ3) is 1.83. The number of fused-ring (bicyclic) bond motifs is 1. The summed E-state index contributed by atoms with van der Waals surface area (Å²) in [5, 5.41) is 29.0. The van der Waals surface area contributed by atoms with Crippen molar-refractivity contribution < 1.29 is 20.1 Å². The fourth-order valence-corrected chi connectivity index (χ4v) is 2.42. The molecule has 5 N–H and O–H groups in total. The molecule has 0 spiro atoms. The Bertz CT molecular complexity index is 645. The minimum absolute atomic E-state index is 0.0744. The summed E-state index contributed by atoms with van der Waals surface area (Å²) in [6, 6.07) is 0. The largest absolute Gasteiger partial charge is 0.394 e. The number of anilines is 1. The van der Waals surface area contributed by atoms with Crippen LogP contribution in [-0.2, 0) is 4.74 Å². The fourth-order valence-electron chi connectivity index (χ4n) is 2.42. The van der Waals surface area contributed by atoms with Crippen LogP contribution in [0.25, 0.3) is 11.2 Å². The van der Waals surface area contributed by atoms with Gasteiger partial charge in [0.1, 0.15) is 29.7 Å². The molecule has 1 aliphatic rings. The molecule has 0 unspecified atom stereocenters. The number of nitrogens with zero attached hydrogens (tertiary/aromatic N) is 4. The Morgan fingerprint density at radius 2 is 2.10 bits per heavy atom. The molecule has 2 aromatic rings. The van der Waals surface area contributed by atoms with E-state index in [2.05, 4.69) is 15.0 Å². The van der Waals surface area contributed by atoms with E-state index in [-0.39, 0.29) is 5.95 Å². The van der Waals surface area contributed by atoms with E-state index in [9.17, 15) is 10.2 Å². The highest BCUT2D eigenvalue weighted by Crippen LogP contribution is 2.32. The summed E-state index contributed by atoms with van der Waals surface area (Å²) in [6.07, 6.45) is -2.64. The van der Waals surface area contributed by atoms with E-state index in [1.54, 1.807) is 6.92 Å². The average Bonchev–Trinajstić information content (AvgIpc) is 2.88. The third-order valence-electron chi connectivity index (χ3n) is 3.40. The molecular weight excluding hydrogens is 266 g/mol. The van der Waals surface area contributed by atoms with E-state index < -0.39 is 31.1 Å². The Labute approximate surface area is 113 Å². The number of hydrogen-bond donors (Lipinski definition) is 4. The fraction of sp³-hybridized carbons (Fsp3) is 0.545. The van der Waals surface area contributed by atoms with Crippen molar-refractivity contribution >= 4 is 17.1 Å². The van der Waals surface area contributed by atoms with Crippen LogP contribution >= 0.6 is 0 Å². The van der Waals surface area contributed by atoms with Crippen LogP contribution in [0.4, 0.5) is 5.95 Å². The summed E-state index contributed by atoms with van der Waals surface area (Å²) in [5.41, 5.74) is 6.48. The van der Waals surface area contributed by atoms with E-state index in [4.69, 9.17) is 15.6 Å². The van der Waals surface area contributed by atoms with Crippen molar-refractivity contribution in [2.24, 2.45) is 0 Å². The zero-order valence-corrected chi connectivity index (χ0v) is 10.7. The van der Waals surface area contributed by atoms with Gasteiger partial charge in [-0.3, -0.25) is 4.57 Å². The first kappa shape index (κ1) is 13.2. The van der Waals surface area contributed by atoms with Crippen molar-refractivity contribution in [2.45, 2.75) is 31.5 Å². The number of aryl methyl sites for hydroxylation is 1. The first-order valence-corrected chi connectivity index (χ1v) is 6.12. The summed E-state index contributed by atoms with van der Waals surface area (Å²) in [5.74, 6) is 0.611. The zero-order valence-electron chi connectivity index (χ0n) is 10.7. The standard InChI is InChI=1S/C11H15N5O4/c1-4-14-5-2-13-11(12)15-9(5)16(4)10-8(19)7(18)6(3-17)20-10/h2,6-8,10,17-19H,3H2,1H3,(H2,12,13,15)/t6-,7-,8-,10-/m1/s1. The summed E-state index contributed by atoms with van der Waals surface area (Å²) in [7, 11) is 0. The number of ether oxygens (including phenoxy) is 1. The number of nitrogens with two attached hydrogens (primary N) is 1. The lowest BCUT2D eigenvalue weighted by Crippen LogP contribution is -2.33. The first-order chi connectivity index (χ1) is 9.52. The van der Waals surface area contributed by atoms with E-state index >= 15 is 0 Å².